The van der Waals surface area contributed by atoms with Crippen molar-refractivity contribution >= 4 is 39.1 Å². The quantitative estimate of drug-likeness (QED) is 0.591. The zero-order valence-corrected chi connectivity index (χ0v) is 14.6. The van der Waals surface area contributed by atoms with Crippen molar-refractivity contribution in [1.29, 1.82) is 0 Å². The van der Waals surface area contributed by atoms with E-state index in [-0.39, 0.29) is 5.78 Å². The highest BCUT2D eigenvalue weighted by Crippen LogP contribution is 2.25. The molecular weight excluding hydrogens is 324 g/mol. The third kappa shape index (κ3) is 4.39. The van der Waals surface area contributed by atoms with E-state index >= 15 is 0 Å². The molecule has 0 atom stereocenters. The van der Waals surface area contributed by atoms with Crippen LogP contribution in [0.2, 0.25) is 0 Å². The highest BCUT2D eigenvalue weighted by Gasteiger charge is 2.10. The van der Waals surface area contributed by atoms with Crippen molar-refractivity contribution in [2.24, 2.45) is 0 Å². The normalized spacial score (nSPS) is 11.0. The predicted molar refractivity (Wildman–Crippen MR) is 97.3 cm³/mol. The molecule has 0 aliphatic carbocycles. The Morgan fingerprint density at radius 1 is 1.26 bits per heavy atom. The van der Waals surface area contributed by atoms with E-state index in [1.165, 1.54) is 22.0 Å². The SMILES string of the molecule is CCCc1ccc2nc(CC(=O)CSc3ccccn3)sc2c1. The maximum atomic E-state index is 12.2. The average molecular weight is 342 g/mol. The van der Waals surface area contributed by atoms with E-state index in [0.717, 1.165) is 28.4 Å². The molecule has 23 heavy (non-hydrogen) atoms. The van der Waals surface area contributed by atoms with Crippen LogP contribution in [0.4, 0.5) is 0 Å². The van der Waals surface area contributed by atoms with Gasteiger partial charge in [-0.25, -0.2) is 9.97 Å². The van der Waals surface area contributed by atoms with Crippen LogP contribution in [0.1, 0.15) is 23.9 Å². The number of carbonyl (C=O) groups excluding carboxylic acids is 1. The van der Waals surface area contributed by atoms with Gasteiger partial charge in [0.15, 0.2) is 0 Å². The minimum atomic E-state index is 0.188. The summed E-state index contributed by atoms with van der Waals surface area (Å²) < 4.78 is 1.18. The van der Waals surface area contributed by atoms with Gasteiger partial charge >= 0.3 is 0 Å². The van der Waals surface area contributed by atoms with E-state index in [9.17, 15) is 4.79 Å². The van der Waals surface area contributed by atoms with Gasteiger partial charge in [0.2, 0.25) is 0 Å². The number of ketones is 1. The summed E-state index contributed by atoms with van der Waals surface area (Å²) in [6.45, 7) is 2.18. The molecule has 3 rings (SSSR count). The van der Waals surface area contributed by atoms with Crippen molar-refractivity contribution < 1.29 is 4.79 Å². The van der Waals surface area contributed by atoms with E-state index in [0.29, 0.717) is 12.2 Å². The number of carbonyl (C=O) groups is 1. The lowest BCUT2D eigenvalue weighted by Gasteiger charge is -1.98. The Morgan fingerprint density at radius 3 is 2.96 bits per heavy atom. The molecule has 3 nitrogen and oxygen atoms in total. The summed E-state index contributed by atoms with van der Waals surface area (Å²) in [7, 11) is 0. The summed E-state index contributed by atoms with van der Waals surface area (Å²) >= 11 is 3.11. The lowest BCUT2D eigenvalue weighted by molar-refractivity contribution is -0.116. The van der Waals surface area contributed by atoms with Gasteiger partial charge in [0.05, 0.1) is 27.4 Å². The number of thioether (sulfide) groups is 1. The van der Waals surface area contributed by atoms with E-state index in [1.54, 1.807) is 17.5 Å². The summed E-state index contributed by atoms with van der Waals surface area (Å²) in [5.74, 6) is 0.627. The van der Waals surface area contributed by atoms with E-state index in [4.69, 9.17) is 0 Å². The zero-order valence-electron chi connectivity index (χ0n) is 13.0. The van der Waals surface area contributed by atoms with Crippen LogP contribution < -0.4 is 0 Å². The van der Waals surface area contributed by atoms with E-state index in [1.807, 2.05) is 18.2 Å². The summed E-state index contributed by atoms with van der Waals surface area (Å²) in [5.41, 5.74) is 2.34. The average Bonchev–Trinajstić information content (AvgIpc) is 2.95. The predicted octanol–water partition coefficient (Wildman–Crippen LogP) is 4.55. The second-order valence-corrected chi connectivity index (χ2v) is 7.44. The first-order chi connectivity index (χ1) is 11.2. The van der Waals surface area contributed by atoms with Crippen molar-refractivity contribution in [2.75, 3.05) is 5.75 Å². The molecule has 5 heteroatoms. The Hall–Kier alpha value is -1.72. The van der Waals surface area contributed by atoms with Crippen molar-refractivity contribution in [3.63, 3.8) is 0 Å². The number of nitrogens with zero attached hydrogens (tertiary/aromatic N) is 2. The number of fused-ring (bicyclic) bond motifs is 1. The van der Waals surface area contributed by atoms with Gasteiger partial charge in [-0.1, -0.05) is 37.2 Å². The van der Waals surface area contributed by atoms with Gasteiger partial charge in [0, 0.05) is 6.20 Å². The number of pyridine rings is 1. The first kappa shape index (κ1) is 16.1. The first-order valence-corrected chi connectivity index (χ1v) is 9.48. The smallest absolute Gasteiger partial charge is 0.149 e. The van der Waals surface area contributed by atoms with E-state index in [2.05, 4.69) is 35.1 Å². The van der Waals surface area contributed by atoms with Gasteiger partial charge in [-0.3, -0.25) is 4.79 Å². The van der Waals surface area contributed by atoms with Crippen LogP contribution in [0.3, 0.4) is 0 Å². The maximum absolute atomic E-state index is 12.2. The van der Waals surface area contributed by atoms with Crippen LogP contribution in [0, 0.1) is 0 Å². The second-order valence-electron chi connectivity index (χ2n) is 5.33. The van der Waals surface area contributed by atoms with E-state index < -0.39 is 0 Å². The molecule has 0 aliphatic rings. The Labute approximate surface area is 144 Å². The molecular formula is C18H18N2OS2. The summed E-state index contributed by atoms with van der Waals surface area (Å²) in [6.07, 6.45) is 4.37. The molecule has 2 heterocycles. The molecule has 0 spiro atoms. The minimum absolute atomic E-state index is 0.188. The van der Waals surface area contributed by atoms with Crippen molar-refractivity contribution in [1.82, 2.24) is 9.97 Å². The minimum Gasteiger partial charge on any atom is -0.298 e. The van der Waals surface area contributed by atoms with Crippen LogP contribution in [-0.2, 0) is 17.6 Å². The molecule has 0 saturated carbocycles. The first-order valence-electron chi connectivity index (χ1n) is 7.68. The molecule has 118 valence electrons. The van der Waals surface area contributed by atoms with Crippen molar-refractivity contribution in [3.8, 4) is 0 Å². The fourth-order valence-corrected chi connectivity index (χ4v) is 4.12. The van der Waals surface area contributed by atoms with Gasteiger partial charge in [-0.05, 0) is 36.2 Å². The Morgan fingerprint density at radius 2 is 2.17 bits per heavy atom. The summed E-state index contributed by atoms with van der Waals surface area (Å²) in [6, 6.07) is 12.1. The van der Waals surface area contributed by atoms with Gasteiger partial charge in [-0.15, -0.1) is 11.3 Å². The van der Waals surface area contributed by atoms with Gasteiger partial charge in [-0.2, -0.15) is 0 Å². The topological polar surface area (TPSA) is 42.9 Å². The molecule has 0 aliphatic heterocycles. The number of aromatic nitrogens is 2. The summed E-state index contributed by atoms with van der Waals surface area (Å²) in [4.78, 5) is 20.9. The van der Waals surface area contributed by atoms with Crippen molar-refractivity contribution in [3.05, 3.63) is 53.2 Å². The number of aryl methyl sites for hydroxylation is 1. The number of rotatable bonds is 7. The monoisotopic (exact) mass is 342 g/mol. The molecule has 2 aromatic heterocycles. The highest BCUT2D eigenvalue weighted by atomic mass is 32.2. The van der Waals surface area contributed by atoms with Crippen LogP contribution in [0.5, 0.6) is 0 Å². The molecule has 1 aromatic carbocycles. The molecule has 0 bridgehead atoms. The zero-order chi connectivity index (χ0) is 16.1. The number of benzene rings is 1. The Balaban J connectivity index is 1.63. The molecule has 0 radical (unpaired) electrons. The lowest BCUT2D eigenvalue weighted by atomic mass is 10.1. The van der Waals surface area contributed by atoms with Crippen LogP contribution in [-0.4, -0.2) is 21.5 Å². The van der Waals surface area contributed by atoms with Gasteiger partial charge < -0.3 is 0 Å². The Kier molecular flexibility index (Phi) is 5.41. The highest BCUT2D eigenvalue weighted by molar-refractivity contribution is 7.99. The maximum Gasteiger partial charge on any atom is 0.149 e. The van der Waals surface area contributed by atoms with Gasteiger partial charge in [0.25, 0.3) is 0 Å². The lowest BCUT2D eigenvalue weighted by Crippen LogP contribution is -2.05. The van der Waals surface area contributed by atoms with Crippen molar-refractivity contribution in [2.45, 2.75) is 31.2 Å². The molecule has 0 fully saturated rings. The summed E-state index contributed by atoms with van der Waals surface area (Å²) in [5, 5.41) is 1.79. The fourth-order valence-electron chi connectivity index (χ4n) is 2.34. The van der Waals surface area contributed by atoms with Gasteiger partial charge in [0.1, 0.15) is 10.8 Å². The molecule has 0 N–H and O–H groups in total. The standard InChI is InChI=1S/C18H18N2OS2/c1-2-5-13-7-8-15-16(10-13)23-18(20-15)11-14(21)12-22-17-6-3-4-9-19-17/h3-4,6-10H,2,5,11-12H2,1H3. The molecule has 0 amide bonds. The largest absolute Gasteiger partial charge is 0.298 e. The second kappa shape index (κ2) is 7.70. The molecule has 0 saturated heterocycles. The third-order valence-corrected chi connectivity index (χ3v) is 5.42. The molecule has 3 aromatic rings. The number of thiazole rings is 1. The number of Topliss-reactive ketones (excluding diaryl/α,β-unsaturated/α-hetero) is 1. The van der Waals surface area contributed by atoms with Crippen LogP contribution >= 0.6 is 23.1 Å². The fraction of sp³-hybridized carbons (Fsp3) is 0.278. The number of hydrogen-bond acceptors (Lipinski definition) is 5. The molecule has 0 unspecified atom stereocenters. The van der Waals surface area contributed by atoms with Crippen LogP contribution in [0.15, 0.2) is 47.6 Å². The third-order valence-electron chi connectivity index (χ3n) is 3.40. The van der Waals surface area contributed by atoms with Crippen LogP contribution in [0.25, 0.3) is 10.2 Å². The Bertz CT molecular complexity index is 799. The number of hydrogen-bond donors (Lipinski definition) is 0.